The Balaban J connectivity index is 3.70. The average Bonchev–Trinajstić information content (AvgIpc) is 2.00. The van der Waals surface area contributed by atoms with Gasteiger partial charge in [0.2, 0.25) is 0 Å². The zero-order chi connectivity index (χ0) is 7.98. The van der Waals surface area contributed by atoms with Gasteiger partial charge in [-0.25, -0.2) is 0 Å². The van der Waals surface area contributed by atoms with Crippen LogP contribution in [0.4, 0.5) is 0 Å². The van der Waals surface area contributed by atoms with Gasteiger partial charge < -0.3 is 10.4 Å². The van der Waals surface area contributed by atoms with Crippen molar-refractivity contribution in [2.24, 2.45) is 0 Å². The first-order valence-electron chi connectivity index (χ1n) is 3.30. The van der Waals surface area contributed by atoms with Crippen molar-refractivity contribution in [3.63, 3.8) is 0 Å². The maximum Gasteiger partial charge on any atom is 0.120 e. The van der Waals surface area contributed by atoms with Crippen LogP contribution < -0.4 is 16.0 Å². The van der Waals surface area contributed by atoms with E-state index in [1.165, 1.54) is 0 Å². The Bertz CT molecular complexity index is 61.4. The summed E-state index contributed by atoms with van der Waals surface area (Å²) in [6.45, 7) is 0.0908. The number of aliphatic hydroxyl groups excluding tert-OH is 1. The normalized spacial score (nSPS) is 14.1. The average molecular weight is 146 g/mol. The molecule has 61 valence electrons. The highest BCUT2D eigenvalue weighted by atomic mass is 16.3. The van der Waals surface area contributed by atoms with E-state index in [4.69, 9.17) is 5.11 Å². The quantitative estimate of drug-likeness (QED) is 0.381. The Morgan fingerprint density at radius 1 is 1.30 bits per heavy atom. The first-order valence-corrected chi connectivity index (χ1v) is 3.30. The maximum atomic E-state index is 8.80. The van der Waals surface area contributed by atoms with Crippen LogP contribution in [0.1, 0.15) is 0 Å². The van der Waals surface area contributed by atoms with E-state index in [1.807, 2.05) is 14.1 Å². The molecule has 0 bridgehead atoms. The summed E-state index contributed by atoms with van der Waals surface area (Å²) in [5.74, 6) is 0. The van der Waals surface area contributed by atoms with Crippen LogP contribution in [0.15, 0.2) is 0 Å². The fourth-order valence-electron chi connectivity index (χ4n) is 0.800. The van der Waals surface area contributed by atoms with Crippen LogP contribution in [0, 0.1) is 6.17 Å². The van der Waals surface area contributed by atoms with Crippen molar-refractivity contribution >= 4 is 0 Å². The largest absolute Gasteiger partial charge is 0.395 e. The third kappa shape index (κ3) is 2.62. The second-order valence-corrected chi connectivity index (χ2v) is 1.94. The van der Waals surface area contributed by atoms with Gasteiger partial charge in [0, 0.05) is 0 Å². The van der Waals surface area contributed by atoms with E-state index >= 15 is 0 Å². The van der Waals surface area contributed by atoms with Crippen LogP contribution in [0.25, 0.3) is 0 Å². The minimum Gasteiger partial charge on any atom is -0.395 e. The Labute approximate surface area is 62.0 Å². The molecular formula is C6H16N3O. The maximum absolute atomic E-state index is 8.80. The van der Waals surface area contributed by atoms with Gasteiger partial charge in [-0.15, -0.1) is 0 Å². The summed E-state index contributed by atoms with van der Waals surface area (Å²) in [6, 6.07) is -0.0185. The van der Waals surface area contributed by atoms with Crippen LogP contribution in [0.3, 0.4) is 0 Å². The zero-order valence-electron chi connectivity index (χ0n) is 6.73. The van der Waals surface area contributed by atoms with Crippen LogP contribution in [-0.4, -0.2) is 38.9 Å². The second kappa shape index (κ2) is 5.61. The van der Waals surface area contributed by atoms with Gasteiger partial charge in [-0.3, -0.25) is 10.6 Å². The molecule has 10 heavy (non-hydrogen) atoms. The highest BCUT2D eigenvalue weighted by Crippen LogP contribution is 1.93. The first kappa shape index (κ1) is 9.84. The topological polar surface area (TPSA) is 56.3 Å². The summed E-state index contributed by atoms with van der Waals surface area (Å²) in [5, 5.41) is 17.6. The Morgan fingerprint density at radius 3 is 1.90 bits per heavy atom. The molecule has 0 aliphatic rings. The van der Waals surface area contributed by atoms with Gasteiger partial charge in [0.05, 0.1) is 12.6 Å². The molecule has 0 aromatic heterocycles. The van der Waals surface area contributed by atoms with Crippen molar-refractivity contribution in [3.8, 4) is 0 Å². The predicted octanol–water partition coefficient (Wildman–Crippen LogP) is -1.51. The summed E-state index contributed by atoms with van der Waals surface area (Å²) in [5.41, 5.74) is 0. The number of nitrogens with one attached hydrogen (secondary N) is 3. The highest BCUT2D eigenvalue weighted by Gasteiger charge is 2.15. The molecule has 0 aromatic rings. The van der Waals surface area contributed by atoms with Crippen molar-refractivity contribution in [1.82, 2.24) is 16.0 Å². The molecule has 0 rings (SSSR count). The third-order valence-corrected chi connectivity index (χ3v) is 1.42. The van der Waals surface area contributed by atoms with Gasteiger partial charge in [0.15, 0.2) is 0 Å². The number of aliphatic hydroxyl groups is 1. The molecule has 4 heteroatoms. The summed E-state index contributed by atoms with van der Waals surface area (Å²) in [4.78, 5) is 0. The molecule has 0 amide bonds. The fraction of sp³-hybridized carbons (Fsp3) is 0.833. The molecule has 4 nitrogen and oxygen atoms in total. The molecule has 0 spiro atoms. The monoisotopic (exact) mass is 146 g/mol. The lowest BCUT2D eigenvalue weighted by Gasteiger charge is -2.22. The predicted molar refractivity (Wildman–Crippen MR) is 41.3 cm³/mol. The van der Waals surface area contributed by atoms with E-state index in [0.29, 0.717) is 0 Å². The summed E-state index contributed by atoms with van der Waals surface area (Å²) in [7, 11) is 5.42. The molecule has 1 unspecified atom stereocenters. The van der Waals surface area contributed by atoms with Gasteiger partial charge in [-0.1, -0.05) is 0 Å². The van der Waals surface area contributed by atoms with E-state index in [9.17, 15) is 0 Å². The van der Waals surface area contributed by atoms with Gasteiger partial charge in [0.1, 0.15) is 6.17 Å². The van der Waals surface area contributed by atoms with Crippen molar-refractivity contribution in [2.45, 2.75) is 6.04 Å². The van der Waals surface area contributed by atoms with Crippen molar-refractivity contribution in [2.75, 3.05) is 27.7 Å². The molecule has 0 heterocycles. The molecule has 0 saturated heterocycles. The Hall–Kier alpha value is -0.160. The minimum absolute atomic E-state index is 0.0185. The zero-order valence-corrected chi connectivity index (χ0v) is 6.73. The minimum atomic E-state index is -0.0185. The molecule has 0 aliphatic carbocycles. The molecule has 4 N–H and O–H groups in total. The lowest BCUT2D eigenvalue weighted by Crippen LogP contribution is -2.47. The molecule has 0 saturated carbocycles. The second-order valence-electron chi connectivity index (χ2n) is 1.94. The third-order valence-electron chi connectivity index (χ3n) is 1.42. The molecule has 0 fully saturated rings. The molecular weight excluding hydrogens is 130 g/mol. The number of rotatable bonds is 5. The molecule has 0 aromatic carbocycles. The Kier molecular flexibility index (Phi) is 5.52. The van der Waals surface area contributed by atoms with E-state index < -0.39 is 0 Å². The molecule has 0 aliphatic heterocycles. The van der Waals surface area contributed by atoms with Crippen LogP contribution in [-0.2, 0) is 0 Å². The molecule has 1 atom stereocenters. The lowest BCUT2D eigenvalue weighted by atomic mass is 10.2. The number of hydrogen-bond acceptors (Lipinski definition) is 4. The summed E-state index contributed by atoms with van der Waals surface area (Å²) < 4.78 is 0. The van der Waals surface area contributed by atoms with E-state index in [1.54, 1.807) is 7.05 Å². The number of likely N-dealkylation sites (N-methyl/N-ethyl adjacent to an activating group) is 3. The van der Waals surface area contributed by atoms with Crippen LogP contribution in [0.5, 0.6) is 0 Å². The van der Waals surface area contributed by atoms with Gasteiger partial charge in [0.25, 0.3) is 0 Å². The molecule has 1 radical (unpaired) electrons. The first-order chi connectivity index (χ1) is 4.79. The van der Waals surface area contributed by atoms with Gasteiger partial charge >= 0.3 is 0 Å². The SMILES string of the molecule is CN[C](NC)C(CO)NC. The van der Waals surface area contributed by atoms with Gasteiger partial charge in [-0.05, 0) is 21.1 Å². The van der Waals surface area contributed by atoms with E-state index in [-0.39, 0.29) is 12.6 Å². The van der Waals surface area contributed by atoms with Crippen molar-refractivity contribution in [1.29, 1.82) is 0 Å². The van der Waals surface area contributed by atoms with E-state index in [2.05, 4.69) is 16.0 Å². The van der Waals surface area contributed by atoms with Crippen molar-refractivity contribution < 1.29 is 5.11 Å². The van der Waals surface area contributed by atoms with Crippen LogP contribution >= 0.6 is 0 Å². The van der Waals surface area contributed by atoms with E-state index in [0.717, 1.165) is 6.17 Å². The number of hydrogen-bond donors (Lipinski definition) is 4. The smallest absolute Gasteiger partial charge is 0.120 e. The summed E-state index contributed by atoms with van der Waals surface area (Å²) in [6.07, 6.45) is 0.894. The lowest BCUT2D eigenvalue weighted by molar-refractivity contribution is 0.241. The summed E-state index contributed by atoms with van der Waals surface area (Å²) >= 11 is 0. The van der Waals surface area contributed by atoms with Crippen LogP contribution in [0.2, 0.25) is 0 Å². The standard InChI is InChI=1S/C6H16N3O/c1-7-5(4-10)6(8-2)9-3/h5,7-10H,4H2,1-3H3. The fourth-order valence-corrected chi connectivity index (χ4v) is 0.800. The highest BCUT2D eigenvalue weighted by molar-refractivity contribution is 4.93. The Morgan fingerprint density at radius 2 is 1.80 bits per heavy atom. The van der Waals surface area contributed by atoms with Crippen molar-refractivity contribution in [3.05, 3.63) is 6.17 Å². The van der Waals surface area contributed by atoms with Gasteiger partial charge in [-0.2, -0.15) is 0 Å².